The standard InChI is InChI=1S/C18H23ClN2O2/c19-14-7-5-13(6-8-14)17(12-3-1-2-4-12)18(23)20-11-16(22)21-15-9-10-15/h5-8,12,15,17H,1-4,9-11H2,(H,20,23)(H,21,22). The summed E-state index contributed by atoms with van der Waals surface area (Å²) in [7, 11) is 0. The topological polar surface area (TPSA) is 58.2 Å². The zero-order valence-corrected chi connectivity index (χ0v) is 13.9. The lowest BCUT2D eigenvalue weighted by Gasteiger charge is -2.23. The maximum Gasteiger partial charge on any atom is 0.239 e. The minimum Gasteiger partial charge on any atom is -0.352 e. The maximum absolute atomic E-state index is 12.7. The summed E-state index contributed by atoms with van der Waals surface area (Å²) >= 11 is 5.96. The van der Waals surface area contributed by atoms with E-state index in [0.717, 1.165) is 31.2 Å². The lowest BCUT2D eigenvalue weighted by Crippen LogP contribution is -2.41. The summed E-state index contributed by atoms with van der Waals surface area (Å²) in [5.74, 6) is 0.0125. The summed E-state index contributed by atoms with van der Waals surface area (Å²) in [5.41, 5.74) is 0.987. The fraction of sp³-hybridized carbons (Fsp3) is 0.556. The number of carbonyl (C=O) groups is 2. The number of amides is 2. The van der Waals surface area contributed by atoms with Crippen molar-refractivity contribution in [1.82, 2.24) is 10.6 Å². The molecule has 2 aliphatic carbocycles. The Morgan fingerprint density at radius 3 is 2.35 bits per heavy atom. The molecule has 4 nitrogen and oxygen atoms in total. The van der Waals surface area contributed by atoms with Crippen molar-refractivity contribution in [1.29, 1.82) is 0 Å². The Bertz CT molecular complexity index is 563. The first kappa shape index (κ1) is 16.3. The van der Waals surface area contributed by atoms with Gasteiger partial charge in [0.25, 0.3) is 0 Å². The van der Waals surface area contributed by atoms with Gasteiger partial charge in [-0.05, 0) is 49.3 Å². The van der Waals surface area contributed by atoms with Crippen LogP contribution in [0.1, 0.15) is 50.0 Å². The molecule has 2 aliphatic rings. The van der Waals surface area contributed by atoms with Crippen LogP contribution in [0, 0.1) is 5.92 Å². The first-order valence-corrected chi connectivity index (χ1v) is 8.84. The van der Waals surface area contributed by atoms with Crippen LogP contribution in [-0.4, -0.2) is 24.4 Å². The number of hydrogen-bond acceptors (Lipinski definition) is 2. The molecule has 0 aliphatic heterocycles. The van der Waals surface area contributed by atoms with Gasteiger partial charge in [-0.15, -0.1) is 0 Å². The molecule has 1 aromatic rings. The molecule has 0 saturated heterocycles. The molecule has 2 amide bonds. The summed E-state index contributed by atoms with van der Waals surface area (Å²) in [4.78, 5) is 24.5. The van der Waals surface area contributed by atoms with E-state index in [1.54, 1.807) is 0 Å². The van der Waals surface area contributed by atoms with E-state index >= 15 is 0 Å². The van der Waals surface area contributed by atoms with Gasteiger partial charge in [-0.25, -0.2) is 0 Å². The third kappa shape index (κ3) is 4.47. The first-order valence-electron chi connectivity index (χ1n) is 8.46. The molecule has 1 atom stereocenters. The molecule has 2 fully saturated rings. The molecule has 0 spiro atoms. The third-order valence-corrected chi connectivity index (χ3v) is 5.00. The Kier molecular flexibility index (Phi) is 5.21. The van der Waals surface area contributed by atoms with Gasteiger partial charge in [0.05, 0.1) is 12.5 Å². The van der Waals surface area contributed by atoms with Gasteiger partial charge in [0.15, 0.2) is 0 Å². The summed E-state index contributed by atoms with van der Waals surface area (Å²) in [6.07, 6.45) is 6.57. The van der Waals surface area contributed by atoms with Gasteiger partial charge in [-0.1, -0.05) is 36.6 Å². The largest absolute Gasteiger partial charge is 0.352 e. The molecule has 5 heteroatoms. The number of halogens is 1. The van der Waals surface area contributed by atoms with Gasteiger partial charge in [-0.3, -0.25) is 9.59 Å². The minimum atomic E-state index is -0.191. The van der Waals surface area contributed by atoms with Crippen LogP contribution < -0.4 is 10.6 Å². The van der Waals surface area contributed by atoms with Crippen molar-refractivity contribution in [2.45, 2.75) is 50.5 Å². The highest BCUT2D eigenvalue weighted by Crippen LogP contribution is 2.37. The van der Waals surface area contributed by atoms with E-state index in [9.17, 15) is 9.59 Å². The van der Waals surface area contributed by atoms with E-state index in [2.05, 4.69) is 10.6 Å². The van der Waals surface area contributed by atoms with Crippen molar-refractivity contribution in [2.75, 3.05) is 6.54 Å². The van der Waals surface area contributed by atoms with E-state index in [1.807, 2.05) is 24.3 Å². The van der Waals surface area contributed by atoms with Crippen molar-refractivity contribution >= 4 is 23.4 Å². The van der Waals surface area contributed by atoms with Crippen molar-refractivity contribution in [3.8, 4) is 0 Å². The van der Waals surface area contributed by atoms with Crippen molar-refractivity contribution in [3.05, 3.63) is 34.9 Å². The fourth-order valence-corrected chi connectivity index (χ4v) is 3.51. The average molecular weight is 335 g/mol. The molecule has 1 aromatic carbocycles. The molecule has 0 heterocycles. The lowest BCUT2D eigenvalue weighted by atomic mass is 9.84. The second-order valence-corrected chi connectivity index (χ2v) is 7.07. The van der Waals surface area contributed by atoms with E-state index in [4.69, 9.17) is 11.6 Å². The van der Waals surface area contributed by atoms with E-state index in [1.165, 1.54) is 12.8 Å². The summed E-state index contributed by atoms with van der Waals surface area (Å²) < 4.78 is 0. The van der Waals surface area contributed by atoms with Gasteiger partial charge >= 0.3 is 0 Å². The van der Waals surface area contributed by atoms with Crippen LogP contribution >= 0.6 is 11.6 Å². The Labute approximate surface area is 142 Å². The van der Waals surface area contributed by atoms with Gasteiger partial charge in [-0.2, -0.15) is 0 Å². The smallest absolute Gasteiger partial charge is 0.239 e. The molecule has 1 unspecified atom stereocenters. The number of rotatable bonds is 6. The molecule has 0 aromatic heterocycles. The third-order valence-electron chi connectivity index (χ3n) is 4.75. The molecule has 3 rings (SSSR count). The molecule has 2 N–H and O–H groups in total. The Balaban J connectivity index is 1.65. The van der Waals surface area contributed by atoms with Gasteiger partial charge < -0.3 is 10.6 Å². The Morgan fingerprint density at radius 2 is 1.74 bits per heavy atom. The quantitative estimate of drug-likeness (QED) is 0.840. The number of benzene rings is 1. The number of nitrogens with one attached hydrogen (secondary N) is 2. The average Bonchev–Trinajstić information content (AvgIpc) is 3.19. The molecule has 0 bridgehead atoms. The van der Waals surface area contributed by atoms with Gasteiger partial charge in [0.1, 0.15) is 0 Å². The van der Waals surface area contributed by atoms with Crippen LogP contribution in [0.3, 0.4) is 0 Å². The normalized spacial score (nSPS) is 19.3. The van der Waals surface area contributed by atoms with Crippen LogP contribution in [0.5, 0.6) is 0 Å². The molecule has 124 valence electrons. The first-order chi connectivity index (χ1) is 11.1. The molecular formula is C18H23ClN2O2. The lowest BCUT2D eigenvalue weighted by molar-refractivity contribution is -0.127. The second-order valence-electron chi connectivity index (χ2n) is 6.63. The highest BCUT2D eigenvalue weighted by molar-refractivity contribution is 6.30. The number of carbonyl (C=O) groups excluding carboxylic acids is 2. The predicted molar refractivity (Wildman–Crippen MR) is 90.3 cm³/mol. The molecule has 23 heavy (non-hydrogen) atoms. The number of hydrogen-bond donors (Lipinski definition) is 2. The second kappa shape index (κ2) is 7.35. The Hall–Kier alpha value is -1.55. The van der Waals surface area contributed by atoms with Crippen LogP contribution in [-0.2, 0) is 9.59 Å². The summed E-state index contributed by atoms with van der Waals surface area (Å²) in [6.45, 7) is 0.0616. The van der Waals surface area contributed by atoms with E-state index < -0.39 is 0 Å². The molecule has 2 saturated carbocycles. The van der Waals surface area contributed by atoms with Crippen molar-refractivity contribution in [2.24, 2.45) is 5.92 Å². The van der Waals surface area contributed by atoms with Crippen LogP contribution in [0.4, 0.5) is 0 Å². The highest BCUT2D eigenvalue weighted by atomic mass is 35.5. The van der Waals surface area contributed by atoms with Crippen molar-refractivity contribution < 1.29 is 9.59 Å². The van der Waals surface area contributed by atoms with Crippen molar-refractivity contribution in [3.63, 3.8) is 0 Å². The molecule has 0 radical (unpaired) electrons. The zero-order valence-electron chi connectivity index (χ0n) is 13.2. The van der Waals surface area contributed by atoms with E-state index in [-0.39, 0.29) is 24.3 Å². The monoisotopic (exact) mass is 334 g/mol. The van der Waals surface area contributed by atoms with Gasteiger partial charge in [0, 0.05) is 11.1 Å². The predicted octanol–water partition coefficient (Wildman–Crippen LogP) is 3.01. The maximum atomic E-state index is 12.7. The van der Waals surface area contributed by atoms with Crippen LogP contribution in [0.25, 0.3) is 0 Å². The fourth-order valence-electron chi connectivity index (χ4n) is 3.38. The van der Waals surface area contributed by atoms with Crippen LogP contribution in [0.2, 0.25) is 5.02 Å². The van der Waals surface area contributed by atoms with E-state index in [0.29, 0.717) is 17.0 Å². The SMILES string of the molecule is O=C(CNC(=O)C(c1ccc(Cl)cc1)C1CCCC1)NC1CC1. The highest BCUT2D eigenvalue weighted by Gasteiger charge is 2.32. The minimum absolute atomic E-state index is 0.0508. The van der Waals surface area contributed by atoms with Gasteiger partial charge in [0.2, 0.25) is 11.8 Å². The Morgan fingerprint density at radius 1 is 1.09 bits per heavy atom. The molecular weight excluding hydrogens is 312 g/mol. The zero-order chi connectivity index (χ0) is 16.2. The summed E-state index contributed by atoms with van der Waals surface area (Å²) in [6, 6.07) is 7.82. The van der Waals surface area contributed by atoms with Crippen LogP contribution in [0.15, 0.2) is 24.3 Å². The summed E-state index contributed by atoms with van der Waals surface area (Å²) in [5, 5.41) is 6.39.